The summed E-state index contributed by atoms with van der Waals surface area (Å²) < 4.78 is 11.7. The van der Waals surface area contributed by atoms with Crippen LogP contribution in [0, 0.1) is 6.92 Å². The normalized spacial score (nSPS) is 10.7. The highest BCUT2D eigenvalue weighted by Crippen LogP contribution is 2.27. The van der Waals surface area contributed by atoms with E-state index >= 15 is 0 Å². The lowest BCUT2D eigenvalue weighted by Gasteiger charge is -2.12. The molecular weight excluding hydrogens is 376 g/mol. The summed E-state index contributed by atoms with van der Waals surface area (Å²) in [4.78, 5) is 17.2. The zero-order valence-electron chi connectivity index (χ0n) is 17.9. The summed E-state index contributed by atoms with van der Waals surface area (Å²) in [7, 11) is 0. The molecule has 0 radical (unpaired) electrons. The molecule has 1 heterocycles. The van der Waals surface area contributed by atoms with E-state index in [0.29, 0.717) is 22.7 Å². The first kappa shape index (κ1) is 21.4. The summed E-state index contributed by atoms with van der Waals surface area (Å²) in [6.45, 7) is 7.93. The number of nitrogens with one attached hydrogen (secondary N) is 1. The van der Waals surface area contributed by atoms with Crippen LogP contribution in [0.5, 0.6) is 17.2 Å². The Bertz CT molecular complexity index is 1010. The van der Waals surface area contributed by atoms with Crippen LogP contribution in [0.4, 0.5) is 5.69 Å². The second-order valence-electron chi connectivity index (χ2n) is 7.41. The third kappa shape index (κ3) is 5.83. The standard InChI is InChI=1S/C25H28N2O3/c1-5-8-19-13-14-24(18(4)26-19)25(28)27-20-9-6-10-21(15-20)30-23-12-7-11-22(16-23)29-17(2)3/h6-7,9-17H,5,8H2,1-4H3,(H,27,28). The molecule has 3 rings (SSSR count). The van der Waals surface area contributed by atoms with Crippen molar-refractivity contribution in [3.05, 3.63) is 77.6 Å². The largest absolute Gasteiger partial charge is 0.491 e. The number of ether oxygens (including phenoxy) is 2. The molecule has 1 aromatic heterocycles. The predicted octanol–water partition coefficient (Wildman–Crippen LogP) is 6.17. The van der Waals surface area contributed by atoms with Crippen LogP contribution in [0.3, 0.4) is 0 Å². The van der Waals surface area contributed by atoms with Crippen LogP contribution >= 0.6 is 0 Å². The van der Waals surface area contributed by atoms with Crippen LogP contribution in [0.15, 0.2) is 60.7 Å². The summed E-state index contributed by atoms with van der Waals surface area (Å²) in [6, 6.07) is 18.6. The van der Waals surface area contributed by atoms with Gasteiger partial charge in [-0.2, -0.15) is 0 Å². The molecule has 0 aliphatic rings. The molecule has 0 saturated carbocycles. The summed E-state index contributed by atoms with van der Waals surface area (Å²) in [6.07, 6.45) is 2.02. The van der Waals surface area contributed by atoms with E-state index in [2.05, 4.69) is 17.2 Å². The first-order valence-corrected chi connectivity index (χ1v) is 10.3. The van der Waals surface area contributed by atoms with Gasteiger partial charge in [-0.25, -0.2) is 0 Å². The monoisotopic (exact) mass is 404 g/mol. The van der Waals surface area contributed by atoms with E-state index in [9.17, 15) is 4.79 Å². The van der Waals surface area contributed by atoms with Crippen molar-refractivity contribution in [1.29, 1.82) is 0 Å². The van der Waals surface area contributed by atoms with Crippen LogP contribution in [-0.4, -0.2) is 17.0 Å². The van der Waals surface area contributed by atoms with Gasteiger partial charge in [0.15, 0.2) is 0 Å². The quantitative estimate of drug-likeness (QED) is 0.487. The maximum Gasteiger partial charge on any atom is 0.257 e. The second-order valence-corrected chi connectivity index (χ2v) is 7.41. The smallest absolute Gasteiger partial charge is 0.257 e. The van der Waals surface area contributed by atoms with Crippen molar-refractivity contribution in [2.24, 2.45) is 0 Å². The molecule has 5 heteroatoms. The average Bonchev–Trinajstić information content (AvgIpc) is 2.68. The minimum atomic E-state index is -0.187. The molecule has 30 heavy (non-hydrogen) atoms. The average molecular weight is 405 g/mol. The maximum atomic E-state index is 12.7. The van der Waals surface area contributed by atoms with E-state index < -0.39 is 0 Å². The number of benzene rings is 2. The molecule has 0 aliphatic heterocycles. The van der Waals surface area contributed by atoms with Crippen LogP contribution in [0.2, 0.25) is 0 Å². The molecule has 0 fully saturated rings. The number of nitrogens with zero attached hydrogens (tertiary/aromatic N) is 1. The fourth-order valence-corrected chi connectivity index (χ4v) is 3.10. The Balaban J connectivity index is 1.71. The van der Waals surface area contributed by atoms with Crippen molar-refractivity contribution in [1.82, 2.24) is 4.98 Å². The van der Waals surface area contributed by atoms with E-state index in [1.165, 1.54) is 0 Å². The third-order valence-electron chi connectivity index (χ3n) is 4.40. The highest BCUT2D eigenvalue weighted by molar-refractivity contribution is 6.05. The molecule has 0 bridgehead atoms. The van der Waals surface area contributed by atoms with Gasteiger partial charge < -0.3 is 14.8 Å². The van der Waals surface area contributed by atoms with Gasteiger partial charge in [0.05, 0.1) is 17.4 Å². The third-order valence-corrected chi connectivity index (χ3v) is 4.40. The van der Waals surface area contributed by atoms with Gasteiger partial charge in [-0.3, -0.25) is 9.78 Å². The van der Waals surface area contributed by atoms with Crippen LogP contribution < -0.4 is 14.8 Å². The topological polar surface area (TPSA) is 60.5 Å². The fraction of sp³-hybridized carbons (Fsp3) is 0.280. The van der Waals surface area contributed by atoms with Crippen LogP contribution in [-0.2, 0) is 6.42 Å². The number of carbonyl (C=O) groups is 1. The fourth-order valence-electron chi connectivity index (χ4n) is 3.10. The number of pyridine rings is 1. The lowest BCUT2D eigenvalue weighted by atomic mass is 10.1. The van der Waals surface area contributed by atoms with Gasteiger partial charge in [0.25, 0.3) is 5.91 Å². The molecule has 0 atom stereocenters. The SMILES string of the molecule is CCCc1ccc(C(=O)Nc2cccc(Oc3cccc(OC(C)C)c3)c2)c(C)n1. The number of hydrogen-bond donors (Lipinski definition) is 1. The lowest BCUT2D eigenvalue weighted by Crippen LogP contribution is -2.14. The van der Waals surface area contributed by atoms with Gasteiger partial charge in [0, 0.05) is 23.5 Å². The molecule has 0 aliphatic carbocycles. The number of aryl methyl sites for hydroxylation is 2. The van der Waals surface area contributed by atoms with Gasteiger partial charge in [-0.1, -0.05) is 25.5 Å². The van der Waals surface area contributed by atoms with Gasteiger partial charge in [-0.15, -0.1) is 0 Å². The summed E-state index contributed by atoms with van der Waals surface area (Å²) >= 11 is 0. The Hall–Kier alpha value is -3.34. The highest BCUT2D eigenvalue weighted by Gasteiger charge is 2.12. The molecule has 1 amide bonds. The Morgan fingerprint density at radius 3 is 2.40 bits per heavy atom. The van der Waals surface area contributed by atoms with Crippen molar-refractivity contribution in [3.63, 3.8) is 0 Å². The number of aromatic nitrogens is 1. The van der Waals surface area contributed by atoms with Crippen molar-refractivity contribution in [3.8, 4) is 17.2 Å². The summed E-state index contributed by atoms with van der Waals surface area (Å²) in [5.74, 6) is 1.86. The zero-order chi connectivity index (χ0) is 21.5. The Kier molecular flexibility index (Phi) is 7.07. The number of anilines is 1. The van der Waals surface area contributed by atoms with Crippen LogP contribution in [0.1, 0.15) is 48.9 Å². The molecule has 156 valence electrons. The minimum absolute atomic E-state index is 0.0905. The van der Waals surface area contributed by atoms with E-state index in [-0.39, 0.29) is 12.0 Å². The van der Waals surface area contributed by atoms with E-state index in [1.807, 2.05) is 75.4 Å². The van der Waals surface area contributed by atoms with Gasteiger partial charge in [0.2, 0.25) is 0 Å². The molecule has 0 saturated heterocycles. The molecule has 1 N–H and O–H groups in total. The number of hydrogen-bond acceptors (Lipinski definition) is 4. The van der Waals surface area contributed by atoms with Gasteiger partial charge >= 0.3 is 0 Å². The first-order chi connectivity index (χ1) is 14.4. The number of amides is 1. The second kappa shape index (κ2) is 9.92. The lowest BCUT2D eigenvalue weighted by molar-refractivity contribution is 0.102. The molecule has 3 aromatic rings. The summed E-state index contributed by atoms with van der Waals surface area (Å²) in [5.41, 5.74) is 2.96. The van der Waals surface area contributed by atoms with E-state index in [4.69, 9.17) is 9.47 Å². The van der Waals surface area contributed by atoms with Crippen molar-refractivity contribution >= 4 is 11.6 Å². The summed E-state index contributed by atoms with van der Waals surface area (Å²) in [5, 5.41) is 2.93. The number of rotatable bonds is 8. The van der Waals surface area contributed by atoms with E-state index in [1.54, 1.807) is 6.07 Å². The first-order valence-electron chi connectivity index (χ1n) is 10.3. The van der Waals surface area contributed by atoms with Gasteiger partial charge in [-0.05, 0) is 63.6 Å². The Morgan fingerprint density at radius 2 is 1.70 bits per heavy atom. The van der Waals surface area contributed by atoms with Crippen molar-refractivity contribution < 1.29 is 14.3 Å². The Labute approximate surface area is 178 Å². The molecule has 5 nitrogen and oxygen atoms in total. The van der Waals surface area contributed by atoms with Crippen molar-refractivity contribution in [2.75, 3.05) is 5.32 Å². The molecular formula is C25H28N2O3. The van der Waals surface area contributed by atoms with Crippen LogP contribution in [0.25, 0.3) is 0 Å². The number of carbonyl (C=O) groups excluding carboxylic acids is 1. The zero-order valence-corrected chi connectivity index (χ0v) is 17.9. The molecule has 2 aromatic carbocycles. The molecule has 0 spiro atoms. The van der Waals surface area contributed by atoms with E-state index in [0.717, 1.165) is 30.0 Å². The predicted molar refractivity (Wildman–Crippen MR) is 120 cm³/mol. The van der Waals surface area contributed by atoms with Gasteiger partial charge in [0.1, 0.15) is 17.2 Å². The molecule has 0 unspecified atom stereocenters. The highest BCUT2D eigenvalue weighted by atomic mass is 16.5. The Morgan fingerprint density at radius 1 is 1.00 bits per heavy atom. The van der Waals surface area contributed by atoms with Crippen molar-refractivity contribution in [2.45, 2.75) is 46.6 Å². The maximum absolute atomic E-state index is 12.7. The minimum Gasteiger partial charge on any atom is -0.491 e.